The monoisotopic (exact) mass is 621 g/mol. The Balaban J connectivity index is 1.32. The number of ether oxygens (including phenoxy) is 2. The number of nitrogens with zero attached hydrogens (tertiary/aromatic N) is 1. The highest BCUT2D eigenvalue weighted by Gasteiger charge is 2.35. The van der Waals surface area contributed by atoms with Gasteiger partial charge in [0.15, 0.2) is 11.5 Å². The highest BCUT2D eigenvalue weighted by Crippen LogP contribution is 2.43. The molecule has 46 heavy (non-hydrogen) atoms. The third-order valence-corrected chi connectivity index (χ3v) is 10.0. The molecule has 4 aromatic rings. The van der Waals surface area contributed by atoms with Crippen molar-refractivity contribution in [2.24, 2.45) is 0 Å². The lowest BCUT2D eigenvalue weighted by Crippen LogP contribution is -2.42. The van der Waals surface area contributed by atoms with Gasteiger partial charge in [-0.1, -0.05) is 72.8 Å². The summed E-state index contributed by atoms with van der Waals surface area (Å²) in [5.41, 5.74) is 6.06. The minimum atomic E-state index is -0.247. The van der Waals surface area contributed by atoms with Crippen molar-refractivity contribution < 1.29 is 18.7 Å². The lowest BCUT2D eigenvalue weighted by Gasteiger charge is -2.42. The molecule has 0 bridgehead atoms. The second-order valence-corrected chi connectivity index (χ2v) is 12.8. The summed E-state index contributed by atoms with van der Waals surface area (Å²) >= 11 is 0. The molecule has 0 radical (unpaired) electrons. The number of hydrogen-bond acceptors (Lipinski definition) is 4. The summed E-state index contributed by atoms with van der Waals surface area (Å²) in [5.74, 6) is 1.59. The summed E-state index contributed by atoms with van der Waals surface area (Å²) < 4.78 is 24.6. The molecule has 0 amide bonds. The van der Waals surface area contributed by atoms with Gasteiger partial charge in [0.05, 0.1) is 14.2 Å². The number of halogens is 1. The number of benzene rings is 4. The van der Waals surface area contributed by atoms with Crippen LogP contribution in [0.3, 0.4) is 0 Å². The first-order chi connectivity index (χ1) is 22.3. The van der Waals surface area contributed by atoms with E-state index in [9.17, 15) is 9.18 Å². The molecule has 1 aliphatic rings. The number of carbonyl (C=O) groups is 1. The number of ketones is 1. The van der Waals surface area contributed by atoms with Gasteiger partial charge < -0.3 is 9.47 Å². The average molecular weight is 622 g/mol. The molecule has 1 heterocycles. The maximum absolute atomic E-state index is 13.3. The molecular weight excluding hydrogens is 573 g/mol. The number of rotatable bonds is 15. The molecule has 0 saturated heterocycles. The zero-order valence-electron chi connectivity index (χ0n) is 27.8. The first-order valence-electron chi connectivity index (χ1n) is 16.7. The van der Waals surface area contributed by atoms with Gasteiger partial charge in [0.2, 0.25) is 0 Å². The van der Waals surface area contributed by atoms with Crippen LogP contribution in [0.5, 0.6) is 11.5 Å². The molecule has 0 spiro atoms. The number of fused-ring (bicyclic) bond motifs is 1. The predicted octanol–water partition coefficient (Wildman–Crippen LogP) is 9.29. The van der Waals surface area contributed by atoms with Crippen LogP contribution < -0.4 is 9.47 Å². The lowest BCUT2D eigenvalue weighted by molar-refractivity contribution is -0.119. The van der Waals surface area contributed by atoms with E-state index in [0.29, 0.717) is 25.3 Å². The highest BCUT2D eigenvalue weighted by molar-refractivity contribution is 5.78. The van der Waals surface area contributed by atoms with E-state index in [1.165, 1.54) is 34.4 Å². The zero-order chi connectivity index (χ0) is 32.5. The van der Waals surface area contributed by atoms with Crippen molar-refractivity contribution in [1.82, 2.24) is 4.90 Å². The molecule has 0 fully saturated rings. The SMILES string of the molecule is COc1cc2c(cc1OC)C(C)N(CCCC(CCCC(=O)CCc1ccc(F)cc1)(c1ccccc1)c1ccccc1)C(C)C2. The number of carbonyl (C=O) groups excluding carboxylic acids is 1. The smallest absolute Gasteiger partial charge is 0.161 e. The van der Waals surface area contributed by atoms with E-state index < -0.39 is 0 Å². The van der Waals surface area contributed by atoms with Crippen LogP contribution >= 0.6 is 0 Å². The quantitative estimate of drug-likeness (QED) is 0.133. The van der Waals surface area contributed by atoms with Crippen molar-refractivity contribution in [3.8, 4) is 11.5 Å². The summed E-state index contributed by atoms with van der Waals surface area (Å²) in [6.07, 6.45) is 6.38. The van der Waals surface area contributed by atoms with Crippen LogP contribution in [0, 0.1) is 5.82 Å². The molecule has 4 nitrogen and oxygen atoms in total. The van der Waals surface area contributed by atoms with Gasteiger partial charge in [-0.2, -0.15) is 0 Å². The Bertz CT molecular complexity index is 1510. The Morgan fingerprint density at radius 2 is 1.39 bits per heavy atom. The average Bonchev–Trinajstić information content (AvgIpc) is 3.09. The van der Waals surface area contributed by atoms with Gasteiger partial charge in [0.25, 0.3) is 0 Å². The molecule has 0 N–H and O–H groups in total. The highest BCUT2D eigenvalue weighted by atomic mass is 19.1. The van der Waals surface area contributed by atoms with Crippen molar-refractivity contribution in [1.29, 1.82) is 0 Å². The predicted molar refractivity (Wildman–Crippen MR) is 184 cm³/mol. The lowest BCUT2D eigenvalue weighted by atomic mass is 9.68. The van der Waals surface area contributed by atoms with Crippen molar-refractivity contribution in [3.63, 3.8) is 0 Å². The Labute approximate surface area is 274 Å². The molecule has 5 rings (SSSR count). The van der Waals surface area contributed by atoms with Crippen LogP contribution in [0.25, 0.3) is 0 Å². The topological polar surface area (TPSA) is 38.8 Å². The van der Waals surface area contributed by atoms with Crippen LogP contribution in [0.2, 0.25) is 0 Å². The van der Waals surface area contributed by atoms with Crippen LogP contribution in [-0.2, 0) is 23.1 Å². The van der Waals surface area contributed by atoms with E-state index in [2.05, 4.69) is 91.5 Å². The zero-order valence-corrected chi connectivity index (χ0v) is 27.8. The van der Waals surface area contributed by atoms with Gasteiger partial charge in [-0.15, -0.1) is 0 Å². The van der Waals surface area contributed by atoms with Crippen LogP contribution in [0.4, 0.5) is 4.39 Å². The first-order valence-corrected chi connectivity index (χ1v) is 16.7. The number of Topliss-reactive ketones (excluding diaryl/α,β-unsaturated/α-hetero) is 1. The van der Waals surface area contributed by atoms with Gasteiger partial charge in [-0.25, -0.2) is 4.39 Å². The Morgan fingerprint density at radius 3 is 2.00 bits per heavy atom. The minimum Gasteiger partial charge on any atom is -0.493 e. The van der Waals surface area contributed by atoms with Gasteiger partial charge >= 0.3 is 0 Å². The molecule has 5 heteroatoms. The van der Waals surface area contributed by atoms with E-state index in [0.717, 1.165) is 55.7 Å². The minimum absolute atomic E-state index is 0.198. The summed E-state index contributed by atoms with van der Waals surface area (Å²) in [6, 6.07) is 33.2. The fourth-order valence-corrected chi connectivity index (χ4v) is 7.51. The van der Waals surface area contributed by atoms with Gasteiger partial charge in [-0.05, 0) is 111 Å². The molecule has 2 unspecified atom stereocenters. The molecule has 0 aliphatic carbocycles. The van der Waals surface area contributed by atoms with Crippen LogP contribution in [0.1, 0.15) is 86.2 Å². The van der Waals surface area contributed by atoms with E-state index in [1.54, 1.807) is 26.4 Å². The summed E-state index contributed by atoms with van der Waals surface area (Å²) in [5, 5.41) is 0. The Kier molecular flexibility index (Phi) is 11.3. The van der Waals surface area contributed by atoms with Gasteiger partial charge in [0.1, 0.15) is 11.6 Å². The summed E-state index contributed by atoms with van der Waals surface area (Å²) in [7, 11) is 3.39. The fraction of sp³-hybridized carbons (Fsp3) is 0.390. The third kappa shape index (κ3) is 7.70. The molecule has 242 valence electrons. The number of hydrogen-bond donors (Lipinski definition) is 0. The third-order valence-electron chi connectivity index (χ3n) is 10.0. The van der Waals surface area contributed by atoms with E-state index in [4.69, 9.17) is 9.47 Å². The van der Waals surface area contributed by atoms with Crippen molar-refractivity contribution in [2.75, 3.05) is 20.8 Å². The Hall–Kier alpha value is -3.96. The fourth-order valence-electron chi connectivity index (χ4n) is 7.51. The van der Waals surface area contributed by atoms with Crippen LogP contribution in [0.15, 0.2) is 97.1 Å². The summed E-state index contributed by atoms with van der Waals surface area (Å²) in [4.78, 5) is 15.7. The standard InChI is InChI=1S/C41H48FNO3/c1-30-27-33-28-39(45-3)40(46-4)29-38(33)31(2)43(30)26-12-25-41(34-13-7-5-8-14-34,35-15-9-6-10-16-35)24-11-17-37(44)23-20-32-18-21-36(42)22-19-32/h5-10,13-16,18-19,21-22,28-31H,11-12,17,20,23-27H2,1-4H3. The summed E-state index contributed by atoms with van der Waals surface area (Å²) in [6.45, 7) is 5.61. The van der Waals surface area contributed by atoms with Gasteiger partial charge in [0, 0.05) is 30.3 Å². The van der Waals surface area contributed by atoms with Crippen molar-refractivity contribution in [2.45, 2.75) is 82.7 Å². The molecule has 0 aromatic heterocycles. The van der Waals surface area contributed by atoms with E-state index in [1.807, 2.05) is 0 Å². The molecular formula is C41H48FNO3. The van der Waals surface area contributed by atoms with Gasteiger partial charge in [-0.3, -0.25) is 9.69 Å². The number of aryl methyl sites for hydroxylation is 1. The Morgan fingerprint density at radius 1 is 0.804 bits per heavy atom. The maximum Gasteiger partial charge on any atom is 0.161 e. The number of methoxy groups -OCH3 is 2. The van der Waals surface area contributed by atoms with E-state index >= 15 is 0 Å². The first kappa shape index (κ1) is 33.4. The van der Waals surface area contributed by atoms with Crippen molar-refractivity contribution in [3.05, 3.63) is 131 Å². The molecule has 0 saturated carbocycles. The van der Waals surface area contributed by atoms with E-state index in [-0.39, 0.29) is 23.1 Å². The molecule has 2 atom stereocenters. The molecule has 4 aromatic carbocycles. The second-order valence-electron chi connectivity index (χ2n) is 12.8. The second kappa shape index (κ2) is 15.6. The van der Waals surface area contributed by atoms with Crippen molar-refractivity contribution >= 4 is 5.78 Å². The largest absolute Gasteiger partial charge is 0.493 e. The maximum atomic E-state index is 13.3. The normalized spacial score (nSPS) is 16.5. The van der Waals surface area contributed by atoms with Crippen LogP contribution in [-0.4, -0.2) is 37.5 Å². The molecule has 1 aliphatic heterocycles.